The van der Waals surface area contributed by atoms with E-state index in [0.717, 1.165) is 77.0 Å². The van der Waals surface area contributed by atoms with E-state index in [1.54, 1.807) is 6.08 Å². The summed E-state index contributed by atoms with van der Waals surface area (Å²) in [6.45, 7) is 4.75. The lowest BCUT2D eigenvalue weighted by Gasteiger charge is -2.25. The Morgan fingerprint density at radius 2 is 0.667 bits per heavy atom. The van der Waals surface area contributed by atoms with Gasteiger partial charge in [0.2, 0.25) is 5.91 Å². The molecule has 0 radical (unpaired) electrons. The molecule has 0 bridgehead atoms. The van der Waals surface area contributed by atoms with Crippen molar-refractivity contribution in [1.82, 2.24) is 5.32 Å². The maximum absolute atomic E-state index is 13.1. The molecule has 3 N–H and O–H groups in total. The summed E-state index contributed by atoms with van der Waals surface area (Å²) in [6.07, 6.45) is 102. The Labute approximate surface area is 560 Å². The Balaban J connectivity index is 3.99. The van der Waals surface area contributed by atoms with Crippen LogP contribution in [-0.2, 0) is 18.4 Å². The molecule has 0 aromatic heterocycles. The number of hydrogen-bond acceptors (Lipinski definition) is 5. The van der Waals surface area contributed by atoms with E-state index in [1.807, 2.05) is 27.2 Å². The molecule has 9 heteroatoms. The molecule has 0 aliphatic rings. The minimum absolute atomic E-state index is 0.0610. The zero-order valence-electron chi connectivity index (χ0n) is 60.4. The number of carbonyl (C=O) groups is 1. The number of phosphoric ester groups is 1. The van der Waals surface area contributed by atoms with Crippen LogP contribution in [0.2, 0.25) is 0 Å². The van der Waals surface area contributed by atoms with Crippen LogP contribution in [-0.4, -0.2) is 73.4 Å². The van der Waals surface area contributed by atoms with Gasteiger partial charge in [-0.25, -0.2) is 4.57 Å². The van der Waals surface area contributed by atoms with Gasteiger partial charge in [-0.1, -0.05) is 381 Å². The van der Waals surface area contributed by atoms with Crippen LogP contribution >= 0.6 is 7.82 Å². The Bertz CT molecular complexity index is 1750. The van der Waals surface area contributed by atoms with E-state index >= 15 is 0 Å². The Hall–Kier alpha value is -2.32. The molecule has 3 unspecified atom stereocenters. The summed E-state index contributed by atoms with van der Waals surface area (Å²) in [5.41, 5.74) is 0. The minimum atomic E-state index is -4.36. The Kier molecular flexibility index (Phi) is 69.2. The van der Waals surface area contributed by atoms with Gasteiger partial charge in [0.15, 0.2) is 0 Å². The summed E-state index contributed by atoms with van der Waals surface area (Å²) < 4.78 is 23.9. The number of amides is 1. The van der Waals surface area contributed by atoms with Crippen molar-refractivity contribution in [3.63, 3.8) is 0 Å². The molecule has 0 heterocycles. The van der Waals surface area contributed by atoms with Crippen molar-refractivity contribution in [2.75, 3.05) is 40.9 Å². The third kappa shape index (κ3) is 73.1. The molecular weight excluding hydrogens is 1130 g/mol. The number of allylic oxidation sites excluding steroid dienone is 13. The number of nitrogens with zero attached hydrogens (tertiary/aromatic N) is 1. The third-order valence-electron chi connectivity index (χ3n) is 17.6. The number of aliphatic hydroxyl groups is 1. The summed E-state index contributed by atoms with van der Waals surface area (Å²) in [5, 5.41) is 14.1. The average Bonchev–Trinajstić information content (AvgIpc) is 3.18. The fraction of sp³-hybridized carbons (Fsp3) is 0.815. The van der Waals surface area contributed by atoms with Gasteiger partial charge >= 0.3 is 7.82 Å². The maximum Gasteiger partial charge on any atom is 0.472 e. The van der Waals surface area contributed by atoms with Gasteiger partial charge in [-0.05, 0) is 70.6 Å². The molecule has 0 aromatic rings. The van der Waals surface area contributed by atoms with Gasteiger partial charge in [-0.3, -0.25) is 13.8 Å². The van der Waals surface area contributed by atoms with Crippen LogP contribution < -0.4 is 5.32 Å². The number of nitrogens with one attached hydrogen (secondary N) is 1. The molecule has 0 saturated heterocycles. The maximum atomic E-state index is 13.1. The van der Waals surface area contributed by atoms with Gasteiger partial charge in [0.05, 0.1) is 39.9 Å². The second kappa shape index (κ2) is 71.0. The molecular formula is C81H152N2O6P+. The standard InChI is InChI=1S/C81H151N2O6P/c1-6-8-10-12-14-16-18-20-22-24-26-28-30-32-34-36-38-39-40-41-42-43-45-47-49-51-53-55-57-59-61-63-65-67-69-71-73-75-81(85)82-79(78-89-90(86,87)88-77-76-83(3,4)5)80(84)74-72-70-68-66-64-62-60-58-56-54-52-50-48-46-44-37-35-33-31-29-27-25-23-21-19-17-15-13-11-9-7-2/h8,10,14,16,20,22,26,28,32,34,38-39,72,74,79-80,84H,6-7,9,11-13,15,17-19,21,23-25,27,29-31,33,35-37,40-71,73,75-78H2,1-5H3,(H-,82,85,86,87)/p+1/b10-8-,16-14-,22-20-,28-26-,34-32-,39-38-,74-72+. The van der Waals surface area contributed by atoms with Gasteiger partial charge in [-0.2, -0.15) is 0 Å². The topological polar surface area (TPSA) is 105 Å². The quantitative estimate of drug-likeness (QED) is 0.0243. The van der Waals surface area contributed by atoms with Crippen LogP contribution in [0, 0.1) is 0 Å². The largest absolute Gasteiger partial charge is 0.472 e. The van der Waals surface area contributed by atoms with E-state index in [4.69, 9.17) is 9.05 Å². The molecule has 0 fully saturated rings. The minimum Gasteiger partial charge on any atom is -0.387 e. The number of aliphatic hydroxyl groups excluding tert-OH is 1. The first-order chi connectivity index (χ1) is 44.0. The number of rotatable bonds is 72. The van der Waals surface area contributed by atoms with Gasteiger partial charge in [-0.15, -0.1) is 0 Å². The molecule has 1 amide bonds. The lowest BCUT2D eigenvalue weighted by molar-refractivity contribution is -0.870. The first-order valence-corrected chi connectivity index (χ1v) is 40.5. The lowest BCUT2D eigenvalue weighted by Crippen LogP contribution is -2.45. The van der Waals surface area contributed by atoms with Gasteiger partial charge in [0.25, 0.3) is 0 Å². The van der Waals surface area contributed by atoms with E-state index < -0.39 is 20.0 Å². The average molecular weight is 1280 g/mol. The predicted molar refractivity (Wildman–Crippen MR) is 396 cm³/mol. The van der Waals surface area contributed by atoms with Crippen molar-refractivity contribution in [3.05, 3.63) is 85.1 Å². The Morgan fingerprint density at radius 3 is 0.978 bits per heavy atom. The lowest BCUT2D eigenvalue weighted by atomic mass is 10.0. The smallest absolute Gasteiger partial charge is 0.387 e. The molecule has 0 rings (SSSR count). The molecule has 0 aromatic carbocycles. The highest BCUT2D eigenvalue weighted by molar-refractivity contribution is 7.47. The Morgan fingerprint density at radius 1 is 0.389 bits per heavy atom. The zero-order valence-corrected chi connectivity index (χ0v) is 61.3. The molecule has 0 spiro atoms. The zero-order chi connectivity index (χ0) is 65.5. The van der Waals surface area contributed by atoms with Crippen LogP contribution in [0.15, 0.2) is 85.1 Å². The van der Waals surface area contributed by atoms with Crippen molar-refractivity contribution in [2.45, 2.75) is 386 Å². The second-order valence-electron chi connectivity index (χ2n) is 27.7. The predicted octanol–water partition coefficient (Wildman–Crippen LogP) is 25.5. The monoisotopic (exact) mass is 1280 g/mol. The molecule has 8 nitrogen and oxygen atoms in total. The van der Waals surface area contributed by atoms with Crippen LogP contribution in [0.1, 0.15) is 373 Å². The van der Waals surface area contributed by atoms with E-state index in [9.17, 15) is 19.4 Å². The molecule has 526 valence electrons. The molecule has 0 saturated carbocycles. The second-order valence-corrected chi connectivity index (χ2v) is 29.2. The van der Waals surface area contributed by atoms with Crippen LogP contribution in [0.3, 0.4) is 0 Å². The van der Waals surface area contributed by atoms with Gasteiger partial charge in [0.1, 0.15) is 13.2 Å². The summed E-state index contributed by atoms with van der Waals surface area (Å²) in [7, 11) is 1.58. The number of carbonyl (C=O) groups excluding carboxylic acids is 1. The number of likely N-dealkylation sites (N-methyl/N-ethyl adjacent to an activating group) is 1. The highest BCUT2D eigenvalue weighted by atomic mass is 31.2. The molecule has 3 atom stereocenters. The van der Waals surface area contributed by atoms with Crippen molar-refractivity contribution >= 4 is 13.7 Å². The summed E-state index contributed by atoms with van der Waals surface area (Å²) in [6, 6.07) is -0.851. The highest BCUT2D eigenvalue weighted by Gasteiger charge is 2.28. The molecule has 0 aliphatic carbocycles. The van der Waals surface area contributed by atoms with Crippen LogP contribution in [0.4, 0.5) is 0 Å². The third-order valence-corrected chi connectivity index (χ3v) is 18.6. The fourth-order valence-electron chi connectivity index (χ4n) is 11.6. The van der Waals surface area contributed by atoms with Gasteiger partial charge in [0, 0.05) is 6.42 Å². The van der Waals surface area contributed by atoms with Crippen LogP contribution in [0.25, 0.3) is 0 Å². The first kappa shape index (κ1) is 87.7. The van der Waals surface area contributed by atoms with E-state index in [2.05, 4.69) is 92.1 Å². The van der Waals surface area contributed by atoms with E-state index in [0.29, 0.717) is 17.4 Å². The summed E-state index contributed by atoms with van der Waals surface area (Å²) >= 11 is 0. The SMILES string of the molecule is CC/C=C\C/C=C\C/C=C\C/C=C\C/C=C\C/C=C\CCCCCCCCCCCCCCCCCCCCC(=O)NC(COP(=O)(O)OCC[N+](C)(C)C)C(O)/C=C/CCCCCCCCCCCCCCCCCCCCCCCCCCCCCCC. The number of quaternary nitrogens is 1. The summed E-state index contributed by atoms with van der Waals surface area (Å²) in [5.74, 6) is -0.172. The van der Waals surface area contributed by atoms with E-state index in [1.165, 1.54) is 276 Å². The van der Waals surface area contributed by atoms with Crippen molar-refractivity contribution in [1.29, 1.82) is 0 Å². The first-order valence-electron chi connectivity index (χ1n) is 39.0. The molecule has 0 aliphatic heterocycles. The number of hydrogen-bond donors (Lipinski definition) is 3. The van der Waals surface area contributed by atoms with Crippen molar-refractivity contribution < 1.29 is 32.9 Å². The van der Waals surface area contributed by atoms with Gasteiger partial charge < -0.3 is 19.8 Å². The summed E-state index contributed by atoms with van der Waals surface area (Å²) in [4.78, 5) is 23.5. The van der Waals surface area contributed by atoms with Crippen LogP contribution in [0.5, 0.6) is 0 Å². The van der Waals surface area contributed by atoms with Crippen molar-refractivity contribution in [3.8, 4) is 0 Å². The highest BCUT2D eigenvalue weighted by Crippen LogP contribution is 2.43. The number of unbranched alkanes of at least 4 members (excludes halogenated alkanes) is 47. The fourth-order valence-corrected chi connectivity index (χ4v) is 12.4. The number of phosphoric acid groups is 1. The van der Waals surface area contributed by atoms with Crippen molar-refractivity contribution in [2.24, 2.45) is 0 Å². The molecule has 90 heavy (non-hydrogen) atoms. The normalized spacial score (nSPS) is 14.0. The van der Waals surface area contributed by atoms with E-state index in [-0.39, 0.29) is 19.1 Å².